The zero-order chi connectivity index (χ0) is 9.40. The molecule has 1 atom stereocenters. The molecule has 1 unspecified atom stereocenters. The number of rotatable bonds is 6. The molecule has 0 aromatic rings. The van der Waals surface area contributed by atoms with E-state index < -0.39 is 0 Å². The summed E-state index contributed by atoms with van der Waals surface area (Å²) in [7, 11) is 0. The molecule has 3 nitrogen and oxygen atoms in total. The molecule has 0 aliphatic heterocycles. The van der Waals surface area contributed by atoms with E-state index in [0.29, 0.717) is 19.4 Å². The Balaban J connectivity index is 3.24. The van der Waals surface area contributed by atoms with Crippen LogP contribution in [0.25, 0.3) is 0 Å². The standard InChI is InChI=1S/C9H19NO2/c1-3-5-9(12)10-7-6-8(11)4-2/h8,11H,3-7H2,1-2H3,(H,10,12). The lowest BCUT2D eigenvalue weighted by molar-refractivity contribution is -0.121. The molecule has 0 heterocycles. The molecule has 12 heavy (non-hydrogen) atoms. The lowest BCUT2D eigenvalue weighted by Crippen LogP contribution is -2.26. The minimum absolute atomic E-state index is 0.0841. The number of carbonyl (C=O) groups is 1. The van der Waals surface area contributed by atoms with Crippen molar-refractivity contribution < 1.29 is 9.90 Å². The predicted octanol–water partition coefficient (Wildman–Crippen LogP) is 1.06. The van der Waals surface area contributed by atoms with Crippen LogP contribution in [0.1, 0.15) is 39.5 Å². The van der Waals surface area contributed by atoms with Crippen molar-refractivity contribution in [3.05, 3.63) is 0 Å². The molecule has 0 radical (unpaired) electrons. The highest BCUT2D eigenvalue weighted by molar-refractivity contribution is 5.75. The Hall–Kier alpha value is -0.570. The maximum Gasteiger partial charge on any atom is 0.219 e. The van der Waals surface area contributed by atoms with Gasteiger partial charge in [0.15, 0.2) is 0 Å². The van der Waals surface area contributed by atoms with Crippen LogP contribution in [0.4, 0.5) is 0 Å². The summed E-state index contributed by atoms with van der Waals surface area (Å²) in [4.78, 5) is 10.9. The van der Waals surface area contributed by atoms with Gasteiger partial charge in [0.25, 0.3) is 0 Å². The molecular formula is C9H19NO2. The first kappa shape index (κ1) is 11.4. The SMILES string of the molecule is CCCC(=O)NCCC(O)CC. The quantitative estimate of drug-likeness (QED) is 0.631. The zero-order valence-electron chi connectivity index (χ0n) is 7.97. The summed E-state index contributed by atoms with van der Waals surface area (Å²) < 4.78 is 0. The lowest BCUT2D eigenvalue weighted by atomic mass is 10.2. The monoisotopic (exact) mass is 173 g/mol. The van der Waals surface area contributed by atoms with Crippen LogP contribution in [0, 0.1) is 0 Å². The van der Waals surface area contributed by atoms with Gasteiger partial charge in [0.1, 0.15) is 0 Å². The Morgan fingerprint density at radius 2 is 2.17 bits per heavy atom. The van der Waals surface area contributed by atoms with E-state index in [1.807, 2.05) is 13.8 Å². The Morgan fingerprint density at radius 3 is 2.67 bits per heavy atom. The van der Waals surface area contributed by atoms with Gasteiger partial charge in [-0.25, -0.2) is 0 Å². The number of aliphatic hydroxyl groups excluding tert-OH is 1. The minimum atomic E-state index is -0.271. The van der Waals surface area contributed by atoms with Crippen LogP contribution in [-0.2, 0) is 4.79 Å². The Bertz CT molecular complexity index is 126. The number of amides is 1. The smallest absolute Gasteiger partial charge is 0.219 e. The maximum absolute atomic E-state index is 10.9. The molecule has 0 saturated heterocycles. The molecule has 72 valence electrons. The van der Waals surface area contributed by atoms with Crippen LogP contribution in [0.2, 0.25) is 0 Å². The molecule has 1 amide bonds. The molecule has 0 spiro atoms. The average molecular weight is 173 g/mol. The summed E-state index contributed by atoms with van der Waals surface area (Å²) >= 11 is 0. The normalized spacial score (nSPS) is 12.6. The largest absolute Gasteiger partial charge is 0.393 e. The molecule has 0 aliphatic rings. The van der Waals surface area contributed by atoms with E-state index in [2.05, 4.69) is 5.32 Å². The molecular weight excluding hydrogens is 154 g/mol. The molecule has 0 bridgehead atoms. The molecule has 0 aromatic heterocycles. The van der Waals surface area contributed by atoms with Gasteiger partial charge in [-0.2, -0.15) is 0 Å². The van der Waals surface area contributed by atoms with Gasteiger partial charge in [0, 0.05) is 13.0 Å². The third-order valence-corrected chi connectivity index (χ3v) is 1.75. The highest BCUT2D eigenvalue weighted by Crippen LogP contribution is 1.94. The van der Waals surface area contributed by atoms with Gasteiger partial charge in [-0.15, -0.1) is 0 Å². The summed E-state index contributed by atoms with van der Waals surface area (Å²) in [5.41, 5.74) is 0. The van der Waals surface area contributed by atoms with Crippen molar-refractivity contribution in [3.8, 4) is 0 Å². The highest BCUT2D eigenvalue weighted by atomic mass is 16.3. The summed E-state index contributed by atoms with van der Waals surface area (Å²) in [6.07, 6.45) is 2.60. The topological polar surface area (TPSA) is 49.3 Å². The van der Waals surface area contributed by atoms with Gasteiger partial charge in [-0.3, -0.25) is 4.79 Å². The van der Waals surface area contributed by atoms with Crippen LogP contribution in [0.15, 0.2) is 0 Å². The number of hydrogen-bond donors (Lipinski definition) is 2. The number of nitrogens with one attached hydrogen (secondary N) is 1. The summed E-state index contributed by atoms with van der Waals surface area (Å²) in [5, 5.41) is 11.9. The van der Waals surface area contributed by atoms with Crippen molar-refractivity contribution in [2.45, 2.75) is 45.6 Å². The van der Waals surface area contributed by atoms with Gasteiger partial charge < -0.3 is 10.4 Å². The second kappa shape index (κ2) is 7.10. The van der Waals surface area contributed by atoms with Gasteiger partial charge in [-0.05, 0) is 19.3 Å². The van der Waals surface area contributed by atoms with Gasteiger partial charge in [0.05, 0.1) is 6.10 Å². The average Bonchev–Trinajstić information content (AvgIpc) is 2.04. The Labute approximate surface area is 74.2 Å². The Kier molecular flexibility index (Phi) is 6.76. The van der Waals surface area contributed by atoms with E-state index in [4.69, 9.17) is 5.11 Å². The summed E-state index contributed by atoms with van der Waals surface area (Å²) in [6, 6.07) is 0. The first-order valence-corrected chi connectivity index (χ1v) is 4.65. The maximum atomic E-state index is 10.9. The van der Waals surface area contributed by atoms with E-state index in [1.54, 1.807) is 0 Å². The summed E-state index contributed by atoms with van der Waals surface area (Å²) in [6.45, 7) is 4.49. The van der Waals surface area contributed by atoms with Crippen LogP contribution in [0.5, 0.6) is 0 Å². The second-order valence-electron chi connectivity index (χ2n) is 2.95. The Morgan fingerprint density at radius 1 is 1.50 bits per heavy atom. The van der Waals surface area contributed by atoms with Crippen molar-refractivity contribution >= 4 is 5.91 Å². The molecule has 0 aromatic carbocycles. The predicted molar refractivity (Wildman–Crippen MR) is 48.8 cm³/mol. The number of hydrogen-bond acceptors (Lipinski definition) is 2. The summed E-state index contributed by atoms with van der Waals surface area (Å²) in [5.74, 6) is 0.0841. The lowest BCUT2D eigenvalue weighted by Gasteiger charge is -2.07. The van der Waals surface area contributed by atoms with Crippen LogP contribution in [-0.4, -0.2) is 23.7 Å². The first-order valence-electron chi connectivity index (χ1n) is 4.65. The van der Waals surface area contributed by atoms with Gasteiger partial charge >= 0.3 is 0 Å². The van der Waals surface area contributed by atoms with Crippen LogP contribution < -0.4 is 5.32 Å². The van der Waals surface area contributed by atoms with Crippen molar-refractivity contribution in [1.29, 1.82) is 0 Å². The molecule has 0 rings (SSSR count). The minimum Gasteiger partial charge on any atom is -0.393 e. The van der Waals surface area contributed by atoms with Crippen molar-refractivity contribution in [1.82, 2.24) is 5.32 Å². The number of carbonyl (C=O) groups excluding carboxylic acids is 1. The fourth-order valence-electron chi connectivity index (χ4n) is 0.898. The van der Waals surface area contributed by atoms with Crippen molar-refractivity contribution in [2.75, 3.05) is 6.54 Å². The van der Waals surface area contributed by atoms with E-state index in [1.165, 1.54) is 0 Å². The fraction of sp³-hybridized carbons (Fsp3) is 0.889. The van der Waals surface area contributed by atoms with Crippen molar-refractivity contribution in [3.63, 3.8) is 0 Å². The third kappa shape index (κ3) is 6.16. The van der Waals surface area contributed by atoms with E-state index in [0.717, 1.165) is 12.8 Å². The molecule has 0 aliphatic carbocycles. The van der Waals surface area contributed by atoms with E-state index >= 15 is 0 Å². The van der Waals surface area contributed by atoms with Crippen LogP contribution in [0.3, 0.4) is 0 Å². The molecule has 0 fully saturated rings. The highest BCUT2D eigenvalue weighted by Gasteiger charge is 2.01. The van der Waals surface area contributed by atoms with Gasteiger partial charge in [0.2, 0.25) is 5.91 Å². The molecule has 0 saturated carbocycles. The molecule has 3 heteroatoms. The van der Waals surface area contributed by atoms with E-state index in [9.17, 15) is 4.79 Å². The van der Waals surface area contributed by atoms with Crippen LogP contribution >= 0.6 is 0 Å². The fourth-order valence-corrected chi connectivity index (χ4v) is 0.898. The van der Waals surface area contributed by atoms with Crippen molar-refractivity contribution in [2.24, 2.45) is 0 Å². The zero-order valence-corrected chi connectivity index (χ0v) is 7.97. The second-order valence-corrected chi connectivity index (χ2v) is 2.95. The first-order chi connectivity index (χ1) is 5.70. The third-order valence-electron chi connectivity index (χ3n) is 1.75. The van der Waals surface area contributed by atoms with Gasteiger partial charge in [-0.1, -0.05) is 13.8 Å². The van der Waals surface area contributed by atoms with E-state index in [-0.39, 0.29) is 12.0 Å². The molecule has 2 N–H and O–H groups in total. The number of aliphatic hydroxyl groups is 1.